The molecule has 4 heteroatoms. The maximum absolute atomic E-state index is 11.9. The van der Waals surface area contributed by atoms with Crippen molar-refractivity contribution in [3.8, 4) is 0 Å². The van der Waals surface area contributed by atoms with Crippen LogP contribution in [0.2, 0.25) is 5.02 Å². The van der Waals surface area contributed by atoms with E-state index in [1.165, 1.54) is 19.3 Å². The summed E-state index contributed by atoms with van der Waals surface area (Å²) < 4.78 is 0. The van der Waals surface area contributed by atoms with E-state index in [2.05, 4.69) is 10.6 Å². The first-order valence-electron chi connectivity index (χ1n) is 6.54. The Labute approximate surface area is 112 Å². The van der Waals surface area contributed by atoms with Crippen LogP contribution < -0.4 is 10.6 Å². The molecule has 0 unspecified atom stereocenters. The molecule has 3 nitrogen and oxygen atoms in total. The van der Waals surface area contributed by atoms with Crippen LogP contribution in [0, 0.1) is 11.8 Å². The van der Waals surface area contributed by atoms with Crippen molar-refractivity contribution in [1.82, 2.24) is 5.32 Å². The van der Waals surface area contributed by atoms with Gasteiger partial charge in [0.2, 0.25) is 0 Å². The van der Waals surface area contributed by atoms with Gasteiger partial charge in [0.05, 0.1) is 0 Å². The number of urea groups is 1. The molecule has 0 spiro atoms. The first-order chi connectivity index (χ1) is 8.70. The zero-order chi connectivity index (χ0) is 12.5. The van der Waals surface area contributed by atoms with Gasteiger partial charge in [-0.3, -0.25) is 0 Å². The Balaban J connectivity index is 1.56. The van der Waals surface area contributed by atoms with Crippen LogP contribution in [0.1, 0.15) is 25.7 Å². The molecule has 3 atom stereocenters. The molecule has 0 heterocycles. The van der Waals surface area contributed by atoms with Crippen molar-refractivity contribution in [2.75, 3.05) is 5.32 Å². The van der Waals surface area contributed by atoms with Crippen molar-refractivity contribution in [2.24, 2.45) is 11.8 Å². The topological polar surface area (TPSA) is 41.1 Å². The van der Waals surface area contributed by atoms with E-state index in [4.69, 9.17) is 11.6 Å². The lowest BCUT2D eigenvalue weighted by molar-refractivity contribution is 0.242. The van der Waals surface area contributed by atoms with Gasteiger partial charge in [0, 0.05) is 16.8 Å². The second-order valence-corrected chi connectivity index (χ2v) is 5.83. The molecule has 2 N–H and O–H groups in total. The highest BCUT2D eigenvalue weighted by molar-refractivity contribution is 6.30. The molecule has 0 aromatic heterocycles. The molecule has 96 valence electrons. The van der Waals surface area contributed by atoms with Gasteiger partial charge in [-0.15, -0.1) is 0 Å². The predicted octanol–water partition coefficient (Wildman–Crippen LogP) is 3.65. The van der Waals surface area contributed by atoms with Crippen molar-refractivity contribution in [3.05, 3.63) is 29.3 Å². The summed E-state index contributed by atoms with van der Waals surface area (Å²) in [6.07, 6.45) is 5.06. The number of hydrogen-bond acceptors (Lipinski definition) is 1. The van der Waals surface area contributed by atoms with Crippen LogP contribution >= 0.6 is 11.6 Å². The molecule has 2 aliphatic carbocycles. The van der Waals surface area contributed by atoms with Crippen molar-refractivity contribution in [1.29, 1.82) is 0 Å². The monoisotopic (exact) mass is 264 g/mol. The normalized spacial score (nSPS) is 29.3. The first-order valence-corrected chi connectivity index (χ1v) is 6.91. The molecule has 1 aromatic carbocycles. The van der Waals surface area contributed by atoms with Crippen LogP contribution in [-0.2, 0) is 0 Å². The highest BCUT2D eigenvalue weighted by Crippen LogP contribution is 2.44. The number of benzene rings is 1. The van der Waals surface area contributed by atoms with E-state index in [0.29, 0.717) is 17.0 Å². The third-order valence-corrected chi connectivity index (χ3v) is 4.37. The lowest BCUT2D eigenvalue weighted by Gasteiger charge is -2.23. The number of amides is 2. The van der Waals surface area contributed by atoms with Gasteiger partial charge in [-0.1, -0.05) is 24.1 Å². The Morgan fingerprint density at radius 2 is 2.17 bits per heavy atom. The molecular weight excluding hydrogens is 248 g/mol. The van der Waals surface area contributed by atoms with E-state index in [9.17, 15) is 4.79 Å². The third-order valence-electron chi connectivity index (χ3n) is 4.14. The number of fused-ring (bicyclic) bond motifs is 2. The molecule has 2 saturated carbocycles. The predicted molar refractivity (Wildman–Crippen MR) is 72.8 cm³/mol. The fourth-order valence-corrected chi connectivity index (χ4v) is 3.51. The number of rotatable bonds is 2. The average molecular weight is 265 g/mol. The standard InChI is InChI=1S/C14H17ClN2O/c15-11-2-1-3-12(8-11)16-14(18)17-13-7-9-4-5-10(13)6-9/h1-3,8-10,13H,4-7H2,(H2,16,17,18)/t9-,10-,13+/m0/s1. The zero-order valence-electron chi connectivity index (χ0n) is 10.2. The second kappa shape index (κ2) is 4.81. The number of halogens is 1. The van der Waals surface area contributed by atoms with Gasteiger partial charge in [-0.25, -0.2) is 4.79 Å². The van der Waals surface area contributed by atoms with E-state index in [-0.39, 0.29) is 6.03 Å². The fourth-order valence-electron chi connectivity index (χ4n) is 3.32. The third kappa shape index (κ3) is 2.46. The summed E-state index contributed by atoms with van der Waals surface area (Å²) in [6, 6.07) is 7.46. The minimum Gasteiger partial charge on any atom is -0.335 e. The average Bonchev–Trinajstić information content (AvgIpc) is 2.90. The van der Waals surface area contributed by atoms with Crippen LogP contribution in [0.15, 0.2) is 24.3 Å². The van der Waals surface area contributed by atoms with E-state index >= 15 is 0 Å². The number of hydrogen-bond donors (Lipinski definition) is 2. The molecule has 0 radical (unpaired) electrons. The molecule has 1 aromatic rings. The lowest BCUT2D eigenvalue weighted by atomic mass is 9.95. The van der Waals surface area contributed by atoms with Crippen LogP contribution in [0.3, 0.4) is 0 Å². The van der Waals surface area contributed by atoms with E-state index in [1.807, 2.05) is 12.1 Å². The molecule has 2 bridgehead atoms. The molecule has 0 aliphatic heterocycles. The summed E-state index contributed by atoms with van der Waals surface area (Å²) in [4.78, 5) is 11.9. The van der Waals surface area contributed by atoms with Crippen molar-refractivity contribution < 1.29 is 4.79 Å². The summed E-state index contributed by atoms with van der Waals surface area (Å²) in [5, 5.41) is 6.55. The summed E-state index contributed by atoms with van der Waals surface area (Å²) in [5.41, 5.74) is 0.739. The quantitative estimate of drug-likeness (QED) is 0.841. The Morgan fingerprint density at radius 1 is 1.28 bits per heavy atom. The minimum atomic E-state index is -0.116. The van der Waals surface area contributed by atoms with Crippen LogP contribution in [0.4, 0.5) is 10.5 Å². The minimum absolute atomic E-state index is 0.116. The molecular formula is C14H17ClN2O. The summed E-state index contributed by atoms with van der Waals surface area (Å²) >= 11 is 5.88. The van der Waals surface area contributed by atoms with Crippen molar-refractivity contribution in [3.63, 3.8) is 0 Å². The number of carbonyl (C=O) groups excluding carboxylic acids is 1. The van der Waals surface area contributed by atoms with Gasteiger partial charge in [-0.2, -0.15) is 0 Å². The lowest BCUT2D eigenvalue weighted by Crippen LogP contribution is -2.40. The molecule has 2 fully saturated rings. The Bertz CT molecular complexity index is 463. The van der Waals surface area contributed by atoms with Crippen molar-refractivity contribution in [2.45, 2.75) is 31.7 Å². The Kier molecular flexibility index (Phi) is 3.16. The van der Waals surface area contributed by atoms with E-state index in [0.717, 1.165) is 18.0 Å². The maximum atomic E-state index is 11.9. The van der Waals surface area contributed by atoms with Gasteiger partial charge in [0.25, 0.3) is 0 Å². The molecule has 2 aliphatic rings. The van der Waals surface area contributed by atoms with Crippen LogP contribution in [0.5, 0.6) is 0 Å². The summed E-state index contributed by atoms with van der Waals surface area (Å²) in [6.45, 7) is 0. The summed E-state index contributed by atoms with van der Waals surface area (Å²) in [5.74, 6) is 1.53. The van der Waals surface area contributed by atoms with Gasteiger partial charge in [-0.05, 0) is 49.3 Å². The van der Waals surface area contributed by atoms with Gasteiger partial charge < -0.3 is 10.6 Å². The number of carbonyl (C=O) groups is 1. The summed E-state index contributed by atoms with van der Waals surface area (Å²) in [7, 11) is 0. The van der Waals surface area contributed by atoms with E-state index < -0.39 is 0 Å². The van der Waals surface area contributed by atoms with Crippen LogP contribution in [-0.4, -0.2) is 12.1 Å². The fraction of sp³-hybridized carbons (Fsp3) is 0.500. The largest absolute Gasteiger partial charge is 0.335 e. The maximum Gasteiger partial charge on any atom is 0.319 e. The second-order valence-electron chi connectivity index (χ2n) is 5.39. The molecule has 2 amide bonds. The number of nitrogens with one attached hydrogen (secondary N) is 2. The molecule has 0 saturated heterocycles. The number of anilines is 1. The SMILES string of the molecule is O=C(Nc1cccc(Cl)c1)N[C@@H]1C[C@H]2CC[C@H]1C2. The zero-order valence-corrected chi connectivity index (χ0v) is 10.9. The smallest absolute Gasteiger partial charge is 0.319 e. The highest BCUT2D eigenvalue weighted by atomic mass is 35.5. The van der Waals surface area contributed by atoms with Crippen molar-refractivity contribution >= 4 is 23.3 Å². The Hall–Kier alpha value is -1.22. The highest BCUT2D eigenvalue weighted by Gasteiger charge is 2.40. The first kappa shape index (κ1) is 11.8. The van der Waals surface area contributed by atoms with Crippen LogP contribution in [0.25, 0.3) is 0 Å². The Morgan fingerprint density at radius 3 is 2.83 bits per heavy atom. The van der Waals surface area contributed by atoms with Gasteiger partial charge in [0.15, 0.2) is 0 Å². The molecule has 3 rings (SSSR count). The molecule has 18 heavy (non-hydrogen) atoms. The van der Waals surface area contributed by atoms with Gasteiger partial charge in [0.1, 0.15) is 0 Å². The van der Waals surface area contributed by atoms with Gasteiger partial charge >= 0.3 is 6.03 Å². The van der Waals surface area contributed by atoms with E-state index in [1.54, 1.807) is 12.1 Å².